The van der Waals surface area contributed by atoms with Crippen molar-refractivity contribution in [3.05, 3.63) is 46.4 Å². The summed E-state index contributed by atoms with van der Waals surface area (Å²) in [5.41, 5.74) is 7.96. The Hall–Kier alpha value is -2.50. The summed E-state index contributed by atoms with van der Waals surface area (Å²) in [5, 5.41) is 21.4. The molecule has 0 aliphatic heterocycles. The van der Waals surface area contributed by atoms with Crippen LogP contribution in [0.5, 0.6) is 0 Å². The van der Waals surface area contributed by atoms with Gasteiger partial charge < -0.3 is 15.8 Å². The highest BCUT2D eigenvalue weighted by molar-refractivity contribution is 5.56. The van der Waals surface area contributed by atoms with Crippen molar-refractivity contribution in [2.24, 2.45) is 11.7 Å². The van der Waals surface area contributed by atoms with Gasteiger partial charge >= 0.3 is 0 Å². The van der Waals surface area contributed by atoms with Gasteiger partial charge in [-0.05, 0) is 29.7 Å². The summed E-state index contributed by atoms with van der Waals surface area (Å²) in [6.45, 7) is 5.22. The van der Waals surface area contributed by atoms with Crippen LogP contribution in [0.15, 0.2) is 46.4 Å². The molecule has 0 radical (unpaired) electrons. The quantitative estimate of drug-likeness (QED) is 0.752. The second-order valence-corrected chi connectivity index (χ2v) is 4.84. The number of nitrogens with one attached hydrogen (secondary N) is 1. The third-order valence-electron chi connectivity index (χ3n) is 3.04. The number of nitrogens with zero attached hydrogens (tertiary/aromatic N) is 2. The van der Waals surface area contributed by atoms with Crippen LogP contribution in [0.3, 0.4) is 0 Å². The number of nitrogens with two attached hydrogens (primary N) is 1. The molecule has 5 nitrogen and oxygen atoms in total. The van der Waals surface area contributed by atoms with Gasteiger partial charge in [-0.25, -0.2) is 0 Å². The predicted octanol–water partition coefficient (Wildman–Crippen LogP) is 1.89. The van der Waals surface area contributed by atoms with Crippen molar-refractivity contribution in [1.82, 2.24) is 5.32 Å². The molecule has 0 unspecified atom stereocenters. The molecule has 3 N–H and O–H groups in total. The van der Waals surface area contributed by atoms with Gasteiger partial charge in [-0.3, -0.25) is 0 Å². The molecule has 0 bridgehead atoms. The van der Waals surface area contributed by atoms with Crippen LogP contribution in [-0.2, 0) is 4.74 Å². The van der Waals surface area contributed by atoms with Crippen molar-refractivity contribution >= 4 is 0 Å². The number of nitriles is 2. The van der Waals surface area contributed by atoms with Gasteiger partial charge in [-0.2, -0.15) is 10.5 Å². The molecule has 110 valence electrons. The van der Waals surface area contributed by atoms with E-state index in [1.807, 2.05) is 24.3 Å². The molecule has 5 heteroatoms. The van der Waals surface area contributed by atoms with E-state index >= 15 is 0 Å². The molecule has 0 heterocycles. The summed E-state index contributed by atoms with van der Waals surface area (Å²) in [7, 11) is 1.56. The largest absolute Gasteiger partial charge is 0.495 e. The van der Waals surface area contributed by atoms with Crippen molar-refractivity contribution in [2.45, 2.75) is 13.8 Å². The minimum Gasteiger partial charge on any atom is -0.495 e. The van der Waals surface area contributed by atoms with Crippen molar-refractivity contribution in [3.63, 3.8) is 0 Å². The van der Waals surface area contributed by atoms with E-state index in [9.17, 15) is 0 Å². The van der Waals surface area contributed by atoms with Crippen molar-refractivity contribution < 1.29 is 4.74 Å². The molecule has 0 aromatic heterocycles. The number of hydrogen-bond donors (Lipinski definition) is 2. The van der Waals surface area contributed by atoms with Gasteiger partial charge in [0.05, 0.1) is 12.8 Å². The molecule has 0 saturated heterocycles. The maximum atomic E-state index is 9.08. The maximum Gasteiger partial charge on any atom is 0.142 e. The van der Waals surface area contributed by atoms with Crippen LogP contribution < -0.4 is 11.1 Å². The highest BCUT2D eigenvalue weighted by Crippen LogP contribution is 2.25. The Morgan fingerprint density at radius 3 is 2.43 bits per heavy atom. The molecular weight excluding hydrogens is 264 g/mol. The predicted molar refractivity (Wildman–Crippen MR) is 81.4 cm³/mol. The number of ether oxygens (including phenoxy) is 1. The number of rotatable bonds is 5. The maximum absolute atomic E-state index is 9.08. The lowest BCUT2D eigenvalue weighted by molar-refractivity contribution is 0.296. The fourth-order valence-electron chi connectivity index (χ4n) is 1.87. The zero-order valence-corrected chi connectivity index (χ0v) is 12.6. The van der Waals surface area contributed by atoms with Crippen molar-refractivity contribution in [1.29, 1.82) is 10.5 Å². The van der Waals surface area contributed by atoms with E-state index in [4.69, 9.17) is 21.0 Å². The monoisotopic (exact) mass is 284 g/mol. The highest BCUT2D eigenvalue weighted by atomic mass is 16.5. The van der Waals surface area contributed by atoms with Crippen LogP contribution in [0, 0.1) is 28.6 Å². The molecule has 0 saturated carbocycles. The van der Waals surface area contributed by atoms with Gasteiger partial charge in [-0.15, -0.1) is 0 Å². The fourth-order valence-corrected chi connectivity index (χ4v) is 1.87. The van der Waals surface area contributed by atoms with Gasteiger partial charge in [0.15, 0.2) is 0 Å². The van der Waals surface area contributed by atoms with Gasteiger partial charge in [0, 0.05) is 18.7 Å². The van der Waals surface area contributed by atoms with E-state index in [1.165, 1.54) is 0 Å². The van der Waals surface area contributed by atoms with Gasteiger partial charge in [0.2, 0.25) is 0 Å². The van der Waals surface area contributed by atoms with Crippen LogP contribution in [0.2, 0.25) is 0 Å². The van der Waals surface area contributed by atoms with E-state index in [0.29, 0.717) is 24.4 Å². The first kappa shape index (κ1) is 16.6. The second-order valence-electron chi connectivity index (χ2n) is 4.84. The SMILES string of the molecule is COC1=CC(=C(C#N)C#N)C=C(C(C)C)C=C1NCCN. The van der Waals surface area contributed by atoms with Crippen LogP contribution in [0.1, 0.15) is 13.8 Å². The van der Waals surface area contributed by atoms with E-state index < -0.39 is 0 Å². The van der Waals surface area contributed by atoms with Crippen LogP contribution in [0.25, 0.3) is 0 Å². The summed E-state index contributed by atoms with van der Waals surface area (Å²) in [4.78, 5) is 0. The standard InChI is InChI=1S/C16H20N4O/c1-11(2)12-6-13(14(9-18)10-19)8-16(21-3)15(7-12)20-5-4-17/h6-8,11,20H,4-5,17H2,1-3H3. The molecule has 0 fully saturated rings. The summed E-state index contributed by atoms with van der Waals surface area (Å²) in [6, 6.07) is 3.84. The minimum atomic E-state index is 0.0659. The van der Waals surface area contributed by atoms with Crippen molar-refractivity contribution in [2.75, 3.05) is 20.2 Å². The molecular formula is C16H20N4O. The Morgan fingerprint density at radius 1 is 1.29 bits per heavy atom. The molecule has 1 rings (SSSR count). The molecule has 1 aliphatic carbocycles. The lowest BCUT2D eigenvalue weighted by atomic mass is 9.99. The Bertz CT molecular complexity index is 579. The first-order valence-corrected chi connectivity index (χ1v) is 6.75. The molecule has 0 aromatic rings. The van der Waals surface area contributed by atoms with Gasteiger partial charge in [0.25, 0.3) is 0 Å². The third-order valence-corrected chi connectivity index (χ3v) is 3.04. The number of allylic oxidation sites excluding steroid dienone is 6. The van der Waals surface area contributed by atoms with Crippen LogP contribution >= 0.6 is 0 Å². The second kappa shape index (κ2) is 7.94. The number of methoxy groups -OCH3 is 1. The first-order chi connectivity index (χ1) is 10.1. The average molecular weight is 284 g/mol. The summed E-state index contributed by atoms with van der Waals surface area (Å²) in [5.74, 6) is 0.825. The van der Waals surface area contributed by atoms with Gasteiger partial charge in [-0.1, -0.05) is 13.8 Å². The van der Waals surface area contributed by atoms with Crippen LogP contribution in [-0.4, -0.2) is 20.2 Å². The normalized spacial score (nSPS) is 14.2. The molecule has 0 aromatic carbocycles. The average Bonchev–Trinajstić information content (AvgIpc) is 2.66. The lowest BCUT2D eigenvalue weighted by Gasteiger charge is -2.13. The fraction of sp³-hybridized carbons (Fsp3) is 0.375. The third kappa shape index (κ3) is 4.24. The minimum absolute atomic E-state index is 0.0659. The first-order valence-electron chi connectivity index (χ1n) is 6.75. The molecule has 0 spiro atoms. The summed E-state index contributed by atoms with van der Waals surface area (Å²) in [6.07, 6.45) is 5.52. The Balaban J connectivity index is 3.43. The van der Waals surface area contributed by atoms with E-state index in [2.05, 4.69) is 19.2 Å². The molecule has 1 aliphatic rings. The zero-order valence-electron chi connectivity index (χ0n) is 12.6. The zero-order chi connectivity index (χ0) is 15.8. The smallest absolute Gasteiger partial charge is 0.142 e. The molecule has 21 heavy (non-hydrogen) atoms. The van der Waals surface area contributed by atoms with Crippen molar-refractivity contribution in [3.8, 4) is 12.1 Å². The van der Waals surface area contributed by atoms with Crippen LogP contribution in [0.4, 0.5) is 0 Å². The Kier molecular flexibility index (Phi) is 6.26. The van der Waals surface area contributed by atoms with Gasteiger partial charge in [0.1, 0.15) is 23.5 Å². The Labute approximate surface area is 125 Å². The summed E-state index contributed by atoms with van der Waals surface area (Å²) < 4.78 is 5.38. The summed E-state index contributed by atoms with van der Waals surface area (Å²) >= 11 is 0. The van der Waals surface area contributed by atoms with E-state index in [0.717, 1.165) is 11.3 Å². The number of hydrogen-bond acceptors (Lipinski definition) is 5. The van der Waals surface area contributed by atoms with E-state index in [1.54, 1.807) is 13.2 Å². The molecule has 0 amide bonds. The highest BCUT2D eigenvalue weighted by Gasteiger charge is 2.15. The Morgan fingerprint density at radius 2 is 1.95 bits per heavy atom. The molecule has 0 atom stereocenters. The lowest BCUT2D eigenvalue weighted by Crippen LogP contribution is -2.23. The van der Waals surface area contributed by atoms with E-state index in [-0.39, 0.29) is 11.5 Å². The topological polar surface area (TPSA) is 94.9 Å².